The minimum absolute atomic E-state index is 0.493. The first kappa shape index (κ1) is 8.58. The van der Waals surface area contributed by atoms with Crippen molar-refractivity contribution in [2.45, 2.75) is 13.5 Å². The van der Waals surface area contributed by atoms with Crippen molar-refractivity contribution < 1.29 is 0 Å². The summed E-state index contributed by atoms with van der Waals surface area (Å²) in [5.74, 6) is 0. The third-order valence-electron chi connectivity index (χ3n) is 1.80. The quantitative estimate of drug-likeness (QED) is 0.771. The Morgan fingerprint density at radius 2 is 2.54 bits per heavy atom. The minimum atomic E-state index is 0.493. The van der Waals surface area contributed by atoms with Crippen molar-refractivity contribution >= 4 is 23.6 Å². The van der Waals surface area contributed by atoms with Gasteiger partial charge in [-0.05, 0) is 36.2 Å². The Bertz CT molecular complexity index is 453. The Kier molecular flexibility index (Phi) is 2.24. The largest absolute Gasteiger partial charge is 0.238 e. The van der Waals surface area contributed by atoms with Gasteiger partial charge in [-0.2, -0.15) is 5.21 Å². The summed E-state index contributed by atoms with van der Waals surface area (Å²) in [4.78, 5) is 1.28. The van der Waals surface area contributed by atoms with Crippen molar-refractivity contribution in [3.05, 3.63) is 26.7 Å². The molecule has 13 heavy (non-hydrogen) atoms. The molecule has 6 heteroatoms. The topological polar surface area (TPSA) is 46.5 Å². The Morgan fingerprint density at radius 3 is 3.08 bits per heavy atom. The van der Waals surface area contributed by atoms with Crippen molar-refractivity contribution in [3.8, 4) is 0 Å². The van der Waals surface area contributed by atoms with E-state index in [1.54, 1.807) is 16.0 Å². The monoisotopic (exact) mass is 212 g/mol. The van der Waals surface area contributed by atoms with Gasteiger partial charge in [0.1, 0.15) is 0 Å². The average molecular weight is 212 g/mol. The number of tetrazole rings is 1. The second kappa shape index (κ2) is 3.39. The zero-order valence-electron chi connectivity index (χ0n) is 7.02. The van der Waals surface area contributed by atoms with Crippen molar-refractivity contribution in [1.29, 1.82) is 0 Å². The van der Waals surface area contributed by atoms with E-state index in [1.807, 2.05) is 0 Å². The van der Waals surface area contributed by atoms with E-state index < -0.39 is 0 Å². The van der Waals surface area contributed by atoms with E-state index in [9.17, 15) is 0 Å². The van der Waals surface area contributed by atoms with Crippen LogP contribution in [0.3, 0.4) is 0 Å². The summed E-state index contributed by atoms with van der Waals surface area (Å²) in [7, 11) is 0. The van der Waals surface area contributed by atoms with Crippen LogP contribution in [0.25, 0.3) is 0 Å². The molecule has 68 valence electrons. The fourth-order valence-electron chi connectivity index (χ4n) is 1.03. The molecule has 0 aliphatic heterocycles. The number of nitrogens with one attached hydrogen (secondary N) is 1. The molecule has 4 nitrogen and oxygen atoms in total. The first-order valence-corrected chi connectivity index (χ1v) is 5.07. The maximum absolute atomic E-state index is 4.96. The number of hydrogen-bond donors (Lipinski definition) is 1. The van der Waals surface area contributed by atoms with Crippen LogP contribution in [-0.2, 0) is 6.54 Å². The van der Waals surface area contributed by atoms with Crippen LogP contribution in [0.1, 0.15) is 10.4 Å². The van der Waals surface area contributed by atoms with Gasteiger partial charge in [0.15, 0.2) is 0 Å². The smallest absolute Gasteiger partial charge is 0.237 e. The molecule has 0 aromatic carbocycles. The second-order valence-corrected chi connectivity index (χ2v) is 4.06. The number of nitrogens with zero attached hydrogens (tertiary/aromatic N) is 3. The average Bonchev–Trinajstić information content (AvgIpc) is 2.65. The Labute approximate surface area is 84.2 Å². The highest BCUT2D eigenvalue weighted by molar-refractivity contribution is 7.71. The zero-order valence-corrected chi connectivity index (χ0v) is 8.65. The van der Waals surface area contributed by atoms with E-state index in [2.05, 4.69) is 33.9 Å². The summed E-state index contributed by atoms with van der Waals surface area (Å²) >= 11 is 6.68. The molecule has 2 aromatic heterocycles. The van der Waals surface area contributed by atoms with Gasteiger partial charge in [-0.15, -0.1) is 11.3 Å². The predicted octanol–water partition coefficient (Wildman–Crippen LogP) is 1.75. The van der Waals surface area contributed by atoms with Gasteiger partial charge < -0.3 is 0 Å². The summed E-state index contributed by atoms with van der Waals surface area (Å²) in [5, 5.41) is 12.1. The van der Waals surface area contributed by atoms with Crippen LogP contribution in [0, 0.1) is 11.7 Å². The number of aromatic amines is 1. The predicted molar refractivity (Wildman–Crippen MR) is 53.4 cm³/mol. The first-order chi connectivity index (χ1) is 6.27. The van der Waals surface area contributed by atoms with Gasteiger partial charge in [-0.3, -0.25) is 0 Å². The highest BCUT2D eigenvalue weighted by Gasteiger charge is 2.02. The number of aryl methyl sites for hydroxylation is 1. The first-order valence-electron chi connectivity index (χ1n) is 3.78. The van der Waals surface area contributed by atoms with Crippen molar-refractivity contribution in [3.63, 3.8) is 0 Å². The van der Waals surface area contributed by atoms with Crippen LogP contribution in [0.4, 0.5) is 0 Å². The van der Waals surface area contributed by atoms with E-state index in [4.69, 9.17) is 12.2 Å². The van der Waals surface area contributed by atoms with Gasteiger partial charge in [0.2, 0.25) is 4.77 Å². The summed E-state index contributed by atoms with van der Waals surface area (Å²) in [6.07, 6.45) is 0. The molecule has 2 aromatic rings. The summed E-state index contributed by atoms with van der Waals surface area (Å²) in [6.45, 7) is 2.81. The molecule has 0 spiro atoms. The lowest BCUT2D eigenvalue weighted by Gasteiger charge is -1.98. The SMILES string of the molecule is Cc1ccsc1Cn1[nH]nnc1=S. The van der Waals surface area contributed by atoms with Crippen LogP contribution >= 0.6 is 23.6 Å². The Balaban J connectivity index is 2.29. The molecule has 2 heterocycles. The molecule has 2 rings (SSSR count). The summed E-state index contributed by atoms with van der Waals surface area (Å²) in [5.41, 5.74) is 1.28. The van der Waals surface area contributed by atoms with Crippen LogP contribution in [0.15, 0.2) is 11.4 Å². The van der Waals surface area contributed by atoms with E-state index in [1.165, 1.54) is 10.4 Å². The lowest BCUT2D eigenvalue weighted by atomic mass is 10.3. The van der Waals surface area contributed by atoms with Gasteiger partial charge in [0.05, 0.1) is 6.54 Å². The standard InChI is InChI=1S/C7H8N4S2/c1-5-2-3-13-6(5)4-11-7(12)8-9-10-11/h2-3H,4H2,1H3,(H,8,10,12). The third kappa shape index (κ3) is 1.68. The minimum Gasteiger partial charge on any atom is -0.237 e. The van der Waals surface area contributed by atoms with Crippen LogP contribution in [-0.4, -0.2) is 20.2 Å². The molecule has 0 saturated carbocycles. The van der Waals surface area contributed by atoms with E-state index in [0.717, 1.165) is 6.54 Å². The molecular formula is C7H8N4S2. The molecule has 0 aliphatic rings. The van der Waals surface area contributed by atoms with E-state index in [-0.39, 0.29) is 0 Å². The highest BCUT2D eigenvalue weighted by Crippen LogP contribution is 2.16. The molecule has 0 saturated heterocycles. The number of aromatic nitrogens is 4. The maximum Gasteiger partial charge on any atom is 0.238 e. The van der Waals surface area contributed by atoms with Gasteiger partial charge in [0.25, 0.3) is 0 Å². The Hall–Kier alpha value is -1.01. The molecule has 0 atom stereocenters. The van der Waals surface area contributed by atoms with Crippen molar-refractivity contribution in [1.82, 2.24) is 20.2 Å². The summed E-state index contributed by atoms with van der Waals surface area (Å²) < 4.78 is 2.24. The normalized spacial score (nSPS) is 10.5. The number of hydrogen-bond acceptors (Lipinski definition) is 4. The van der Waals surface area contributed by atoms with Crippen molar-refractivity contribution in [2.75, 3.05) is 0 Å². The van der Waals surface area contributed by atoms with Crippen LogP contribution in [0.5, 0.6) is 0 Å². The number of thiophene rings is 1. The molecule has 0 amide bonds. The molecule has 0 radical (unpaired) electrons. The fourth-order valence-corrected chi connectivity index (χ4v) is 2.07. The molecule has 0 fully saturated rings. The van der Waals surface area contributed by atoms with Gasteiger partial charge >= 0.3 is 0 Å². The van der Waals surface area contributed by atoms with Gasteiger partial charge in [-0.25, -0.2) is 4.68 Å². The molecule has 0 bridgehead atoms. The van der Waals surface area contributed by atoms with Gasteiger partial charge in [-0.1, -0.05) is 10.3 Å². The Morgan fingerprint density at radius 1 is 1.69 bits per heavy atom. The lowest BCUT2D eigenvalue weighted by molar-refractivity contribution is 0.646. The number of H-pyrrole nitrogens is 1. The highest BCUT2D eigenvalue weighted by atomic mass is 32.1. The van der Waals surface area contributed by atoms with Gasteiger partial charge in [0, 0.05) is 4.88 Å². The lowest BCUT2D eigenvalue weighted by Crippen LogP contribution is -2.01. The zero-order chi connectivity index (χ0) is 9.26. The number of rotatable bonds is 2. The van der Waals surface area contributed by atoms with Crippen LogP contribution in [0.2, 0.25) is 0 Å². The van der Waals surface area contributed by atoms with Crippen LogP contribution < -0.4 is 0 Å². The summed E-state index contributed by atoms with van der Waals surface area (Å²) in [6, 6.07) is 2.09. The third-order valence-corrected chi connectivity index (χ3v) is 3.11. The second-order valence-electron chi connectivity index (χ2n) is 2.70. The maximum atomic E-state index is 4.96. The van der Waals surface area contributed by atoms with E-state index in [0.29, 0.717) is 4.77 Å². The molecular weight excluding hydrogens is 204 g/mol. The molecule has 0 aliphatic carbocycles. The molecule has 1 N–H and O–H groups in total. The van der Waals surface area contributed by atoms with E-state index >= 15 is 0 Å². The molecule has 0 unspecified atom stereocenters. The van der Waals surface area contributed by atoms with Crippen molar-refractivity contribution in [2.24, 2.45) is 0 Å². The fraction of sp³-hybridized carbons (Fsp3) is 0.286.